The third kappa shape index (κ3) is 5.33. The van der Waals surface area contributed by atoms with Crippen LogP contribution in [-0.4, -0.2) is 55.0 Å². The summed E-state index contributed by atoms with van der Waals surface area (Å²) in [6, 6.07) is 12.7. The maximum absolute atomic E-state index is 12.3. The number of likely N-dealkylation sites (tertiary alicyclic amines) is 1. The van der Waals surface area contributed by atoms with Crippen LogP contribution in [0.2, 0.25) is 0 Å². The van der Waals surface area contributed by atoms with Crippen LogP contribution in [0, 0.1) is 11.3 Å². The molecular weight excluding hydrogens is 494 g/mol. The lowest BCUT2D eigenvalue weighted by atomic mass is 10.0. The van der Waals surface area contributed by atoms with Crippen molar-refractivity contribution in [2.45, 2.75) is 45.3 Å². The molecule has 1 aliphatic heterocycles. The molecule has 1 aromatic heterocycles. The highest BCUT2D eigenvalue weighted by atomic mass is 32.3. The van der Waals surface area contributed by atoms with Crippen molar-refractivity contribution in [2.24, 2.45) is 0 Å². The fraction of sp³-hybridized carbons (Fsp3) is 0.385. The number of amides is 1. The van der Waals surface area contributed by atoms with E-state index in [2.05, 4.69) is 20.9 Å². The summed E-state index contributed by atoms with van der Waals surface area (Å²) in [6.07, 6.45) is 2.22. The Labute approximate surface area is 216 Å². The smallest absolute Gasteiger partial charge is 0.258 e. The first-order valence-corrected chi connectivity index (χ1v) is 13.9. The molecular formula is C26H29N5O5S. The Morgan fingerprint density at radius 2 is 2.14 bits per heavy atom. The molecule has 2 heterocycles. The summed E-state index contributed by atoms with van der Waals surface area (Å²) in [7, 11) is -3.28. The van der Waals surface area contributed by atoms with Gasteiger partial charge in [-0.25, -0.2) is 4.72 Å². The van der Waals surface area contributed by atoms with E-state index in [1.165, 1.54) is 0 Å². The molecule has 0 radical (unpaired) electrons. The van der Waals surface area contributed by atoms with E-state index in [1.54, 1.807) is 23.1 Å². The Balaban J connectivity index is 1.35. The Bertz CT molecular complexity index is 1360. The van der Waals surface area contributed by atoms with Crippen molar-refractivity contribution in [3.8, 4) is 34.7 Å². The van der Waals surface area contributed by atoms with Crippen LogP contribution in [-0.2, 0) is 11.2 Å². The molecule has 11 heteroatoms. The first kappa shape index (κ1) is 25.2. The minimum Gasteiger partial charge on any atom is -0.490 e. The van der Waals surface area contributed by atoms with Crippen molar-refractivity contribution < 1.29 is 23.2 Å². The lowest BCUT2D eigenvalue weighted by Gasteiger charge is -2.39. The first-order valence-electron chi connectivity index (χ1n) is 12.2. The quantitative estimate of drug-likeness (QED) is 0.387. The molecule has 0 spiro atoms. The molecule has 3 aromatic rings. The zero-order valence-corrected chi connectivity index (χ0v) is 21.5. The molecule has 2 aliphatic rings. The van der Waals surface area contributed by atoms with Gasteiger partial charge in [0.15, 0.2) is 0 Å². The van der Waals surface area contributed by atoms with Gasteiger partial charge >= 0.3 is 0 Å². The molecule has 1 fully saturated rings. The summed E-state index contributed by atoms with van der Waals surface area (Å²) in [5, 5.41) is 13.7. The number of hydrogen-bond donors (Lipinski definition) is 3. The number of fused-ring (bicyclic) bond motifs is 1. The molecule has 10 nitrogen and oxygen atoms in total. The number of nitriles is 1. The van der Waals surface area contributed by atoms with Gasteiger partial charge in [0, 0.05) is 24.2 Å². The van der Waals surface area contributed by atoms with E-state index in [1.807, 2.05) is 32.0 Å². The van der Waals surface area contributed by atoms with Gasteiger partial charge in [-0.05, 0) is 62.4 Å². The van der Waals surface area contributed by atoms with Gasteiger partial charge < -0.3 is 14.2 Å². The Kier molecular flexibility index (Phi) is 6.92. The third-order valence-electron chi connectivity index (χ3n) is 6.51. The van der Waals surface area contributed by atoms with E-state index >= 15 is 0 Å². The zero-order valence-electron chi connectivity index (χ0n) is 20.7. The lowest BCUT2D eigenvalue weighted by molar-refractivity contribution is -0.131. The number of nitrogens with zero attached hydrogens (tertiary/aromatic N) is 4. The normalized spacial score (nSPS) is 17.3. The predicted octanol–water partition coefficient (Wildman–Crippen LogP) is 4.54. The van der Waals surface area contributed by atoms with E-state index < -0.39 is 10.8 Å². The van der Waals surface area contributed by atoms with Crippen LogP contribution in [0.1, 0.15) is 49.4 Å². The second-order valence-corrected chi connectivity index (χ2v) is 11.4. The number of carbonyl (C=O) groups excluding carboxylic acids is 1. The molecule has 3 N–H and O–H groups in total. The highest BCUT2D eigenvalue weighted by molar-refractivity contribution is 8.23. The number of benzene rings is 2. The lowest BCUT2D eigenvalue weighted by Crippen LogP contribution is -2.45. The molecule has 1 aliphatic carbocycles. The zero-order chi connectivity index (χ0) is 26.2. The number of ether oxygens (including phenoxy) is 1. The summed E-state index contributed by atoms with van der Waals surface area (Å²) >= 11 is 0. The maximum atomic E-state index is 12.3. The van der Waals surface area contributed by atoms with Crippen molar-refractivity contribution in [1.29, 1.82) is 5.26 Å². The van der Waals surface area contributed by atoms with Crippen LogP contribution in [0.4, 0.5) is 0 Å². The summed E-state index contributed by atoms with van der Waals surface area (Å²) in [5.74, 6) is 0.629. The van der Waals surface area contributed by atoms with Gasteiger partial charge in [0.2, 0.25) is 11.7 Å². The van der Waals surface area contributed by atoms with Crippen molar-refractivity contribution in [1.82, 2.24) is 19.8 Å². The number of aromatic nitrogens is 2. The number of nitrogens with one attached hydrogen (secondary N) is 1. The minimum absolute atomic E-state index is 0.0594. The van der Waals surface area contributed by atoms with Gasteiger partial charge in [0.05, 0.1) is 17.7 Å². The molecule has 0 bridgehead atoms. The van der Waals surface area contributed by atoms with Gasteiger partial charge in [-0.1, -0.05) is 23.4 Å². The SMILES string of the molecule is CC(C)Oc1ccc(-c2nc(-c3cccc4c3CC[C@@H]4NS(O)(O)CC(=O)N3CCC3)no2)cc1C#N. The van der Waals surface area contributed by atoms with E-state index in [0.717, 1.165) is 23.1 Å². The van der Waals surface area contributed by atoms with Crippen LogP contribution < -0.4 is 9.46 Å². The maximum Gasteiger partial charge on any atom is 0.258 e. The fourth-order valence-electron chi connectivity index (χ4n) is 4.64. The fourth-order valence-corrected chi connectivity index (χ4v) is 5.95. The van der Waals surface area contributed by atoms with Crippen LogP contribution in [0.15, 0.2) is 40.9 Å². The van der Waals surface area contributed by atoms with Crippen LogP contribution >= 0.6 is 10.8 Å². The summed E-state index contributed by atoms with van der Waals surface area (Å²) in [5.41, 5.74) is 3.70. The van der Waals surface area contributed by atoms with Gasteiger partial charge in [-0.3, -0.25) is 13.9 Å². The Hall–Kier alpha value is -3.43. The van der Waals surface area contributed by atoms with E-state index in [4.69, 9.17) is 9.26 Å². The molecule has 37 heavy (non-hydrogen) atoms. The van der Waals surface area contributed by atoms with Crippen molar-refractivity contribution >= 4 is 16.7 Å². The van der Waals surface area contributed by atoms with Gasteiger partial charge in [-0.15, -0.1) is 10.8 Å². The highest BCUT2D eigenvalue weighted by Crippen LogP contribution is 2.44. The van der Waals surface area contributed by atoms with Crippen molar-refractivity contribution in [3.63, 3.8) is 0 Å². The Morgan fingerprint density at radius 3 is 2.84 bits per heavy atom. The molecule has 2 aromatic carbocycles. The van der Waals surface area contributed by atoms with Gasteiger partial charge in [0.25, 0.3) is 5.89 Å². The standard InChI is InChI=1S/C26H29N5O5S/c1-16(2)35-23-10-7-17(13-18(23)14-27)26-28-25(29-36-26)21-6-3-5-20-19(21)8-9-22(20)30-37(33,34)15-24(32)31-11-4-12-31/h3,5-7,10,13,16,22,30,33-34H,4,8-9,11-12,15H2,1-2H3/t22-/m0/s1. The number of carbonyl (C=O) groups is 1. The molecule has 0 unspecified atom stereocenters. The van der Waals surface area contributed by atoms with E-state index in [-0.39, 0.29) is 29.7 Å². The molecule has 0 saturated carbocycles. The summed E-state index contributed by atoms with van der Waals surface area (Å²) in [6.45, 7) is 5.13. The monoisotopic (exact) mass is 523 g/mol. The van der Waals surface area contributed by atoms with Crippen molar-refractivity contribution in [2.75, 3.05) is 18.8 Å². The van der Waals surface area contributed by atoms with Gasteiger partial charge in [0.1, 0.15) is 17.6 Å². The predicted molar refractivity (Wildman–Crippen MR) is 139 cm³/mol. The number of hydrogen-bond acceptors (Lipinski definition) is 9. The second-order valence-electron chi connectivity index (χ2n) is 9.54. The molecule has 1 amide bonds. The second kappa shape index (κ2) is 10.1. The van der Waals surface area contributed by atoms with Crippen LogP contribution in [0.25, 0.3) is 22.8 Å². The summed E-state index contributed by atoms with van der Waals surface area (Å²) in [4.78, 5) is 18.5. The molecule has 1 atom stereocenters. The first-order chi connectivity index (χ1) is 17.7. The molecule has 194 valence electrons. The highest BCUT2D eigenvalue weighted by Gasteiger charge is 2.32. The number of rotatable bonds is 8. The van der Waals surface area contributed by atoms with E-state index in [0.29, 0.717) is 48.6 Å². The van der Waals surface area contributed by atoms with Crippen LogP contribution in [0.3, 0.4) is 0 Å². The minimum atomic E-state index is -3.28. The largest absolute Gasteiger partial charge is 0.490 e. The summed E-state index contributed by atoms with van der Waals surface area (Å²) < 4.78 is 35.3. The Morgan fingerprint density at radius 1 is 1.32 bits per heavy atom. The topological polar surface area (TPSA) is 145 Å². The van der Waals surface area contributed by atoms with Gasteiger partial charge in [-0.2, -0.15) is 10.2 Å². The third-order valence-corrected chi connectivity index (χ3v) is 7.82. The average molecular weight is 524 g/mol. The average Bonchev–Trinajstić information content (AvgIpc) is 3.45. The van der Waals surface area contributed by atoms with E-state index in [9.17, 15) is 19.2 Å². The van der Waals surface area contributed by atoms with Crippen molar-refractivity contribution in [3.05, 3.63) is 53.1 Å². The molecule has 5 rings (SSSR count). The van der Waals surface area contributed by atoms with Crippen LogP contribution in [0.5, 0.6) is 5.75 Å². The molecule has 1 saturated heterocycles.